The van der Waals surface area contributed by atoms with E-state index in [1.807, 2.05) is 104 Å². The zero-order valence-electron chi connectivity index (χ0n) is 31.4. The van der Waals surface area contributed by atoms with Crippen molar-refractivity contribution in [2.75, 3.05) is 14.2 Å². The van der Waals surface area contributed by atoms with E-state index >= 15 is 0 Å². The molecule has 0 saturated carbocycles. The van der Waals surface area contributed by atoms with Gasteiger partial charge in [-0.15, -0.1) is 22.7 Å². The third kappa shape index (κ3) is 12.4. The Hall–Kier alpha value is -5.31. The number of ether oxygens (including phenoxy) is 2. The molecular weight excluding hydrogens is 737 g/mol. The molecule has 0 bridgehead atoms. The summed E-state index contributed by atoms with van der Waals surface area (Å²) in [5.74, 6) is 0.0806. The van der Waals surface area contributed by atoms with Crippen LogP contribution in [0.3, 0.4) is 0 Å². The van der Waals surface area contributed by atoms with Gasteiger partial charge in [-0.3, -0.25) is 9.78 Å². The van der Waals surface area contributed by atoms with Crippen LogP contribution >= 0.6 is 22.7 Å². The van der Waals surface area contributed by atoms with Crippen LogP contribution in [0.4, 0.5) is 9.59 Å². The zero-order chi connectivity index (χ0) is 39.2. The van der Waals surface area contributed by atoms with Crippen LogP contribution in [-0.4, -0.2) is 76.4 Å². The monoisotopic (exact) mass is 784 g/mol. The molecule has 4 amide bonds. The molecule has 5 rings (SSSR count). The highest BCUT2D eigenvalue weighted by atomic mass is 32.1. The Morgan fingerprint density at radius 2 is 1.55 bits per heavy atom. The number of methoxy groups -OCH3 is 1. The summed E-state index contributed by atoms with van der Waals surface area (Å²) in [7, 11) is 3.27. The Morgan fingerprint density at radius 3 is 2.20 bits per heavy atom. The number of hydrogen-bond donors (Lipinski definition) is 4. The molecule has 0 radical (unpaired) electrons. The van der Waals surface area contributed by atoms with E-state index in [0.717, 1.165) is 26.6 Å². The number of para-hydroxylation sites is 1. The van der Waals surface area contributed by atoms with Gasteiger partial charge < -0.3 is 35.4 Å². The fraction of sp³-hybridized carbons (Fsp3) is 0.341. The molecule has 4 atom stereocenters. The van der Waals surface area contributed by atoms with Crippen LogP contribution in [0.1, 0.15) is 42.0 Å². The standard InChI is InChI=1S/C41H48N6O6S2/c1-27(2)37(46-40(50)47(3)23-31-25-54-39(44-31)33-17-11-12-18-36(33)52-4)38(49)43-30(19-28-13-7-5-8-14-28)21-35(48)34(20-29-15-9-6-10-16-29)45-41(51)53-24-32-22-42-26-55-32/h5-18,22,25-27,30,34-35,37,48H,19-21,23-24H2,1-4H3,(H,43,49)(H,45,51)(H,46,50)/t30-,34-,35-,37-/m0/s1. The topological polar surface area (TPSA) is 155 Å². The van der Waals surface area contributed by atoms with E-state index in [1.54, 1.807) is 25.9 Å². The number of thiazole rings is 2. The van der Waals surface area contributed by atoms with Crippen LogP contribution in [0.5, 0.6) is 5.75 Å². The molecule has 5 aromatic rings. The number of aromatic nitrogens is 2. The molecule has 14 heteroatoms. The molecule has 12 nitrogen and oxygen atoms in total. The Morgan fingerprint density at radius 1 is 0.873 bits per heavy atom. The van der Waals surface area contributed by atoms with Gasteiger partial charge in [0.1, 0.15) is 23.4 Å². The minimum Gasteiger partial charge on any atom is -0.496 e. The number of aliphatic hydroxyl groups excluding tert-OH is 1. The summed E-state index contributed by atoms with van der Waals surface area (Å²) < 4.78 is 10.9. The number of rotatable bonds is 18. The number of nitrogens with one attached hydrogen (secondary N) is 3. The second-order valence-corrected chi connectivity index (χ2v) is 15.4. The Bertz CT molecular complexity index is 1940. The summed E-state index contributed by atoms with van der Waals surface area (Å²) in [6, 6.07) is 24.3. The third-order valence-corrected chi connectivity index (χ3v) is 10.6. The molecular formula is C41H48N6O6S2. The Kier molecular flexibility index (Phi) is 15.2. The van der Waals surface area contributed by atoms with E-state index in [9.17, 15) is 19.5 Å². The van der Waals surface area contributed by atoms with Crippen LogP contribution in [0.25, 0.3) is 10.6 Å². The lowest BCUT2D eigenvalue weighted by molar-refractivity contribution is -0.124. The molecule has 55 heavy (non-hydrogen) atoms. The van der Waals surface area contributed by atoms with Crippen molar-refractivity contribution in [2.45, 2.75) is 70.5 Å². The van der Waals surface area contributed by atoms with E-state index in [4.69, 9.17) is 14.5 Å². The number of amides is 4. The smallest absolute Gasteiger partial charge is 0.407 e. The Labute approximate surface area is 329 Å². The molecule has 0 aliphatic rings. The highest BCUT2D eigenvalue weighted by Crippen LogP contribution is 2.32. The average molecular weight is 785 g/mol. The predicted molar refractivity (Wildman–Crippen MR) is 215 cm³/mol. The molecule has 0 fully saturated rings. The molecule has 2 heterocycles. The fourth-order valence-corrected chi connectivity index (χ4v) is 7.40. The summed E-state index contributed by atoms with van der Waals surface area (Å²) >= 11 is 2.84. The maximum absolute atomic E-state index is 14.0. The second kappa shape index (κ2) is 20.4. The highest BCUT2D eigenvalue weighted by Gasteiger charge is 2.31. The van der Waals surface area contributed by atoms with Crippen LogP contribution in [0.2, 0.25) is 0 Å². The van der Waals surface area contributed by atoms with Gasteiger partial charge in [-0.2, -0.15) is 0 Å². The summed E-state index contributed by atoms with van der Waals surface area (Å²) in [5, 5.41) is 23.3. The van der Waals surface area contributed by atoms with E-state index in [2.05, 4.69) is 20.9 Å². The molecule has 0 saturated heterocycles. The largest absolute Gasteiger partial charge is 0.496 e. The van der Waals surface area contributed by atoms with Gasteiger partial charge in [-0.25, -0.2) is 14.6 Å². The number of hydrogen-bond acceptors (Lipinski definition) is 10. The van der Waals surface area contributed by atoms with Crippen molar-refractivity contribution in [1.29, 1.82) is 0 Å². The van der Waals surface area contributed by atoms with Gasteiger partial charge in [0.15, 0.2) is 0 Å². The highest BCUT2D eigenvalue weighted by molar-refractivity contribution is 7.13. The average Bonchev–Trinajstić information content (AvgIpc) is 3.89. The summed E-state index contributed by atoms with van der Waals surface area (Å²) in [5.41, 5.74) is 5.11. The van der Waals surface area contributed by atoms with Crippen molar-refractivity contribution >= 4 is 40.7 Å². The van der Waals surface area contributed by atoms with E-state index in [1.165, 1.54) is 27.6 Å². The number of carbonyl (C=O) groups excluding carboxylic acids is 3. The molecule has 0 aliphatic carbocycles. The van der Waals surface area contributed by atoms with Gasteiger partial charge in [0.25, 0.3) is 0 Å². The van der Waals surface area contributed by atoms with Gasteiger partial charge in [0.05, 0.1) is 47.4 Å². The second-order valence-electron chi connectivity index (χ2n) is 13.6. The van der Waals surface area contributed by atoms with Crippen molar-refractivity contribution < 1.29 is 29.0 Å². The lowest BCUT2D eigenvalue weighted by Crippen LogP contribution is -2.55. The number of urea groups is 1. The fourth-order valence-electron chi connectivity index (χ4n) is 6.05. The molecule has 2 aromatic heterocycles. The van der Waals surface area contributed by atoms with Crippen molar-refractivity contribution in [3.05, 3.63) is 124 Å². The van der Waals surface area contributed by atoms with Crippen molar-refractivity contribution in [3.63, 3.8) is 0 Å². The summed E-state index contributed by atoms with van der Waals surface area (Å²) in [4.78, 5) is 51.5. The number of nitrogens with zero attached hydrogens (tertiary/aromatic N) is 3. The van der Waals surface area contributed by atoms with Gasteiger partial charge in [-0.1, -0.05) is 86.6 Å². The first-order valence-corrected chi connectivity index (χ1v) is 19.8. The molecule has 4 N–H and O–H groups in total. The number of aliphatic hydroxyl groups is 1. The molecule has 0 aliphatic heterocycles. The van der Waals surface area contributed by atoms with Gasteiger partial charge in [-0.05, 0) is 48.4 Å². The third-order valence-electron chi connectivity index (χ3n) is 8.96. The van der Waals surface area contributed by atoms with E-state index in [-0.39, 0.29) is 31.4 Å². The first kappa shape index (κ1) is 40.9. The lowest BCUT2D eigenvalue weighted by atomic mass is 9.93. The van der Waals surface area contributed by atoms with Gasteiger partial charge in [0.2, 0.25) is 5.91 Å². The van der Waals surface area contributed by atoms with Crippen LogP contribution < -0.4 is 20.7 Å². The van der Waals surface area contributed by atoms with Gasteiger partial charge in [0, 0.05) is 24.7 Å². The SMILES string of the molecule is COc1ccccc1-c1nc(CN(C)C(=O)N[C@H](C(=O)N[C@@H](Cc2ccccc2)C[C@H](O)[C@H](Cc2ccccc2)NC(=O)OCc2cncs2)C(C)C)cs1. The first-order chi connectivity index (χ1) is 26.6. The predicted octanol–water partition coefficient (Wildman–Crippen LogP) is 6.46. The molecule has 3 aromatic carbocycles. The first-order valence-electron chi connectivity index (χ1n) is 18.1. The van der Waals surface area contributed by atoms with Gasteiger partial charge >= 0.3 is 12.1 Å². The van der Waals surface area contributed by atoms with Crippen LogP contribution in [0.15, 0.2) is 102 Å². The minimum atomic E-state index is -1.07. The van der Waals surface area contributed by atoms with E-state index < -0.39 is 36.4 Å². The van der Waals surface area contributed by atoms with Crippen molar-refractivity contribution in [2.24, 2.45) is 5.92 Å². The molecule has 290 valence electrons. The quantitative estimate of drug-likeness (QED) is 0.0790. The normalized spacial score (nSPS) is 13.3. The number of alkyl carbamates (subject to hydrolysis) is 1. The minimum absolute atomic E-state index is 0.0581. The lowest BCUT2D eigenvalue weighted by Gasteiger charge is -2.30. The van der Waals surface area contributed by atoms with Crippen molar-refractivity contribution in [1.82, 2.24) is 30.8 Å². The maximum Gasteiger partial charge on any atom is 0.407 e. The molecule has 0 unspecified atom stereocenters. The zero-order valence-corrected chi connectivity index (χ0v) is 33.0. The number of carbonyl (C=O) groups is 3. The maximum atomic E-state index is 14.0. The van der Waals surface area contributed by atoms with Crippen LogP contribution in [-0.2, 0) is 35.5 Å². The summed E-state index contributed by atoms with van der Waals surface area (Å²) in [6.45, 7) is 4.02. The number of benzene rings is 3. The van der Waals surface area contributed by atoms with Crippen LogP contribution in [0, 0.1) is 5.92 Å². The summed E-state index contributed by atoms with van der Waals surface area (Å²) in [6.07, 6.45) is 0.759. The Balaban J connectivity index is 1.26. The van der Waals surface area contributed by atoms with Crippen molar-refractivity contribution in [3.8, 4) is 16.3 Å². The van der Waals surface area contributed by atoms with E-state index in [0.29, 0.717) is 24.3 Å². The molecule has 0 spiro atoms.